The van der Waals surface area contributed by atoms with Crippen molar-refractivity contribution in [1.29, 1.82) is 0 Å². The zero-order chi connectivity index (χ0) is 18.5. The van der Waals surface area contributed by atoms with Crippen molar-refractivity contribution in [3.05, 3.63) is 45.6 Å². The molecule has 6 heteroatoms. The van der Waals surface area contributed by atoms with E-state index in [0.717, 1.165) is 41.2 Å². The Morgan fingerprint density at radius 1 is 1.23 bits per heavy atom. The van der Waals surface area contributed by atoms with Gasteiger partial charge in [-0.2, -0.15) is 0 Å². The first-order valence-electron chi connectivity index (χ1n) is 8.80. The van der Waals surface area contributed by atoms with E-state index in [1.54, 1.807) is 30.5 Å². The lowest BCUT2D eigenvalue weighted by atomic mass is 10.1. The summed E-state index contributed by atoms with van der Waals surface area (Å²) in [6.07, 6.45) is 3.06. The minimum atomic E-state index is 0.0553. The highest BCUT2D eigenvalue weighted by Gasteiger charge is 2.22. The van der Waals surface area contributed by atoms with Crippen molar-refractivity contribution < 1.29 is 19.0 Å². The molecule has 1 unspecified atom stereocenters. The SMILES string of the molecule is COc1ccc(CCN(C)C(=O)c2ccc(C3CCCO3)s2)cc1OC. The lowest BCUT2D eigenvalue weighted by Gasteiger charge is -2.17. The molecule has 1 fully saturated rings. The van der Waals surface area contributed by atoms with Gasteiger partial charge in [0.15, 0.2) is 11.5 Å². The molecule has 2 heterocycles. The second kappa shape index (κ2) is 8.56. The maximum Gasteiger partial charge on any atom is 0.263 e. The number of amides is 1. The molecular weight excluding hydrogens is 350 g/mol. The number of thiophene rings is 1. The van der Waals surface area contributed by atoms with Gasteiger partial charge in [-0.15, -0.1) is 11.3 Å². The molecule has 140 valence electrons. The average molecular weight is 375 g/mol. The van der Waals surface area contributed by atoms with E-state index >= 15 is 0 Å². The molecule has 0 aliphatic carbocycles. The van der Waals surface area contributed by atoms with Crippen molar-refractivity contribution >= 4 is 17.2 Å². The number of likely N-dealkylation sites (N-methyl/N-ethyl adjacent to an activating group) is 1. The van der Waals surface area contributed by atoms with Crippen LogP contribution in [0.25, 0.3) is 0 Å². The molecule has 2 aromatic rings. The third kappa shape index (κ3) is 4.19. The zero-order valence-corrected chi connectivity index (χ0v) is 16.3. The maximum atomic E-state index is 12.7. The molecule has 5 nitrogen and oxygen atoms in total. The smallest absolute Gasteiger partial charge is 0.263 e. The largest absolute Gasteiger partial charge is 0.493 e. The Kier molecular flexibility index (Phi) is 6.16. The summed E-state index contributed by atoms with van der Waals surface area (Å²) in [6, 6.07) is 9.79. The summed E-state index contributed by atoms with van der Waals surface area (Å²) in [5.74, 6) is 1.47. The van der Waals surface area contributed by atoms with Gasteiger partial charge in [-0.25, -0.2) is 0 Å². The van der Waals surface area contributed by atoms with Crippen LogP contribution in [-0.2, 0) is 11.2 Å². The summed E-state index contributed by atoms with van der Waals surface area (Å²) in [6.45, 7) is 1.46. The Balaban J connectivity index is 1.59. The Labute approximate surface area is 158 Å². The molecule has 3 rings (SSSR count). The molecule has 1 aromatic heterocycles. The van der Waals surface area contributed by atoms with Gasteiger partial charge in [0.05, 0.1) is 25.2 Å². The lowest BCUT2D eigenvalue weighted by Crippen LogP contribution is -2.28. The van der Waals surface area contributed by atoms with E-state index in [4.69, 9.17) is 14.2 Å². The monoisotopic (exact) mass is 375 g/mol. The maximum absolute atomic E-state index is 12.7. The van der Waals surface area contributed by atoms with Crippen LogP contribution in [0.3, 0.4) is 0 Å². The summed E-state index contributed by atoms with van der Waals surface area (Å²) >= 11 is 1.55. The zero-order valence-electron chi connectivity index (χ0n) is 15.5. The van der Waals surface area contributed by atoms with Gasteiger partial charge in [0, 0.05) is 25.1 Å². The van der Waals surface area contributed by atoms with Crippen LogP contribution in [-0.4, -0.2) is 45.2 Å². The Morgan fingerprint density at radius 3 is 2.73 bits per heavy atom. The Bertz CT molecular complexity index is 752. The van der Waals surface area contributed by atoms with Gasteiger partial charge in [0.1, 0.15) is 0 Å². The van der Waals surface area contributed by atoms with E-state index in [-0.39, 0.29) is 12.0 Å². The number of hydrogen-bond acceptors (Lipinski definition) is 5. The molecule has 0 spiro atoms. The van der Waals surface area contributed by atoms with E-state index in [2.05, 4.69) is 0 Å². The Hall–Kier alpha value is -2.05. The van der Waals surface area contributed by atoms with E-state index in [0.29, 0.717) is 18.0 Å². The van der Waals surface area contributed by atoms with E-state index < -0.39 is 0 Å². The molecule has 0 radical (unpaired) electrons. The van der Waals surface area contributed by atoms with Crippen LogP contribution in [0, 0.1) is 0 Å². The number of benzene rings is 1. The average Bonchev–Trinajstić information content (AvgIpc) is 3.36. The van der Waals surface area contributed by atoms with E-state index in [1.165, 1.54) is 0 Å². The molecule has 0 N–H and O–H groups in total. The van der Waals surface area contributed by atoms with Gasteiger partial charge < -0.3 is 19.1 Å². The quantitative estimate of drug-likeness (QED) is 0.736. The minimum Gasteiger partial charge on any atom is -0.493 e. The van der Waals surface area contributed by atoms with Crippen molar-refractivity contribution in [2.45, 2.75) is 25.4 Å². The summed E-state index contributed by atoms with van der Waals surface area (Å²) in [4.78, 5) is 16.4. The number of methoxy groups -OCH3 is 2. The minimum absolute atomic E-state index is 0.0553. The van der Waals surface area contributed by atoms with Crippen molar-refractivity contribution in [3.8, 4) is 11.5 Å². The fourth-order valence-electron chi connectivity index (χ4n) is 3.07. The first-order valence-corrected chi connectivity index (χ1v) is 9.61. The fraction of sp³-hybridized carbons (Fsp3) is 0.450. The van der Waals surface area contributed by atoms with Crippen LogP contribution in [0.1, 0.15) is 39.1 Å². The van der Waals surface area contributed by atoms with Crippen molar-refractivity contribution in [2.24, 2.45) is 0 Å². The molecule has 1 saturated heterocycles. The fourth-order valence-corrected chi connectivity index (χ4v) is 4.15. The number of rotatable bonds is 7. The highest BCUT2D eigenvalue weighted by atomic mass is 32.1. The lowest BCUT2D eigenvalue weighted by molar-refractivity contribution is 0.0801. The molecule has 1 aliphatic heterocycles. The Morgan fingerprint density at radius 2 is 2.04 bits per heavy atom. The molecular formula is C20H25NO4S. The van der Waals surface area contributed by atoms with E-state index in [1.807, 2.05) is 37.4 Å². The normalized spacial score (nSPS) is 16.5. The molecule has 0 bridgehead atoms. The van der Waals surface area contributed by atoms with Gasteiger partial charge in [-0.05, 0) is 49.1 Å². The van der Waals surface area contributed by atoms with Gasteiger partial charge in [-0.1, -0.05) is 6.07 Å². The first kappa shape index (κ1) is 18.7. The predicted octanol–water partition coefficient (Wildman–Crippen LogP) is 3.93. The van der Waals surface area contributed by atoms with Gasteiger partial charge in [0.2, 0.25) is 0 Å². The second-order valence-electron chi connectivity index (χ2n) is 6.37. The number of nitrogens with zero attached hydrogens (tertiary/aromatic N) is 1. The van der Waals surface area contributed by atoms with Crippen LogP contribution in [0.15, 0.2) is 30.3 Å². The molecule has 1 atom stereocenters. The summed E-state index contributed by atoms with van der Waals surface area (Å²) in [7, 11) is 5.09. The summed E-state index contributed by atoms with van der Waals surface area (Å²) < 4.78 is 16.3. The highest BCUT2D eigenvalue weighted by Crippen LogP contribution is 2.33. The summed E-state index contributed by atoms with van der Waals surface area (Å²) in [5, 5.41) is 0. The molecule has 1 aromatic carbocycles. The van der Waals surface area contributed by atoms with Crippen LogP contribution in [0.5, 0.6) is 11.5 Å². The standard InChI is InChI=1S/C20H25NO4S/c1-21(11-10-14-6-7-15(23-2)17(13-14)24-3)20(22)19-9-8-18(26-19)16-5-4-12-25-16/h6-9,13,16H,4-5,10-12H2,1-3H3. The van der Waals surface area contributed by atoms with Crippen molar-refractivity contribution in [2.75, 3.05) is 34.4 Å². The highest BCUT2D eigenvalue weighted by molar-refractivity contribution is 7.14. The third-order valence-corrected chi connectivity index (χ3v) is 5.78. The van der Waals surface area contributed by atoms with Gasteiger partial charge >= 0.3 is 0 Å². The third-order valence-electron chi connectivity index (χ3n) is 4.62. The number of hydrogen-bond donors (Lipinski definition) is 0. The van der Waals surface area contributed by atoms with E-state index in [9.17, 15) is 4.79 Å². The van der Waals surface area contributed by atoms with Gasteiger partial charge in [-0.3, -0.25) is 4.79 Å². The molecule has 1 aliphatic rings. The first-order chi connectivity index (χ1) is 12.6. The second-order valence-corrected chi connectivity index (χ2v) is 7.49. The predicted molar refractivity (Wildman–Crippen MR) is 102 cm³/mol. The number of carbonyl (C=O) groups is 1. The van der Waals surface area contributed by atoms with Crippen LogP contribution in [0.2, 0.25) is 0 Å². The molecule has 26 heavy (non-hydrogen) atoms. The van der Waals surface area contributed by atoms with Crippen LogP contribution < -0.4 is 9.47 Å². The summed E-state index contributed by atoms with van der Waals surface area (Å²) in [5.41, 5.74) is 1.11. The van der Waals surface area contributed by atoms with Crippen LogP contribution >= 0.6 is 11.3 Å². The number of ether oxygens (including phenoxy) is 3. The van der Waals surface area contributed by atoms with Crippen LogP contribution in [0.4, 0.5) is 0 Å². The van der Waals surface area contributed by atoms with Crippen molar-refractivity contribution in [3.63, 3.8) is 0 Å². The molecule has 0 saturated carbocycles. The topological polar surface area (TPSA) is 48.0 Å². The van der Waals surface area contributed by atoms with Gasteiger partial charge in [0.25, 0.3) is 5.91 Å². The van der Waals surface area contributed by atoms with Crippen molar-refractivity contribution in [1.82, 2.24) is 4.90 Å². The molecule has 1 amide bonds. The number of carbonyl (C=O) groups excluding carboxylic acids is 1.